The van der Waals surface area contributed by atoms with E-state index in [9.17, 15) is 4.79 Å². The second-order valence-electron chi connectivity index (χ2n) is 5.49. The van der Waals surface area contributed by atoms with E-state index in [4.69, 9.17) is 4.42 Å². The number of Topliss-reactive ketones (excluding diaryl/α,β-unsaturated/α-hetero) is 1. The molecule has 3 heteroatoms. The summed E-state index contributed by atoms with van der Waals surface area (Å²) in [6.45, 7) is 5.77. The molecule has 0 aliphatic carbocycles. The summed E-state index contributed by atoms with van der Waals surface area (Å²) in [5.74, 6) is 0.781. The maximum absolute atomic E-state index is 12.3. The Kier molecular flexibility index (Phi) is 4.38. The molecule has 0 atom stereocenters. The van der Waals surface area contributed by atoms with Crippen molar-refractivity contribution in [3.63, 3.8) is 0 Å². The summed E-state index contributed by atoms with van der Waals surface area (Å²) in [6, 6.07) is 7.65. The molecule has 102 valence electrons. The first-order valence-electron chi connectivity index (χ1n) is 6.76. The summed E-state index contributed by atoms with van der Waals surface area (Å²) < 4.78 is 5.41. The molecule has 0 amide bonds. The molecule has 0 aliphatic heterocycles. The Bertz CT molecular complexity index is 557. The van der Waals surface area contributed by atoms with E-state index in [2.05, 4.69) is 18.7 Å². The van der Waals surface area contributed by atoms with E-state index in [1.165, 1.54) is 0 Å². The lowest BCUT2D eigenvalue weighted by Crippen LogP contribution is -2.27. The number of carbonyl (C=O) groups excluding carboxylic acids is 1. The Morgan fingerprint density at radius 3 is 2.79 bits per heavy atom. The standard InChI is InChI=1S/C16H21NO2/c1-12(2)8-9-17(3)10-15(18)14-11-19-16-7-5-4-6-13(14)16/h4-7,11-12H,8-10H2,1-3H3. The van der Waals surface area contributed by atoms with Crippen LogP contribution >= 0.6 is 0 Å². The SMILES string of the molecule is CC(C)CCN(C)CC(=O)c1coc2ccccc12. The Balaban J connectivity index is 2.04. The Morgan fingerprint density at radius 2 is 2.05 bits per heavy atom. The summed E-state index contributed by atoms with van der Waals surface area (Å²) in [7, 11) is 1.99. The van der Waals surface area contributed by atoms with Gasteiger partial charge in [-0.3, -0.25) is 9.69 Å². The molecule has 0 N–H and O–H groups in total. The molecule has 0 radical (unpaired) electrons. The topological polar surface area (TPSA) is 33.5 Å². The normalized spacial score (nSPS) is 11.6. The number of carbonyl (C=O) groups is 1. The zero-order valence-electron chi connectivity index (χ0n) is 11.8. The molecule has 1 aromatic heterocycles. The number of ketones is 1. The van der Waals surface area contributed by atoms with Gasteiger partial charge in [0, 0.05) is 5.39 Å². The van der Waals surface area contributed by atoms with E-state index in [-0.39, 0.29) is 5.78 Å². The fraction of sp³-hybridized carbons (Fsp3) is 0.438. The number of benzene rings is 1. The van der Waals surface area contributed by atoms with Gasteiger partial charge in [-0.25, -0.2) is 0 Å². The quantitative estimate of drug-likeness (QED) is 0.743. The van der Waals surface area contributed by atoms with Gasteiger partial charge in [-0.05, 0) is 32.0 Å². The molecule has 0 fully saturated rings. The van der Waals surface area contributed by atoms with Crippen LogP contribution in [0.5, 0.6) is 0 Å². The number of likely N-dealkylation sites (N-methyl/N-ethyl adjacent to an activating group) is 1. The van der Waals surface area contributed by atoms with E-state index in [0.717, 1.165) is 23.9 Å². The molecule has 0 saturated heterocycles. The van der Waals surface area contributed by atoms with Crippen molar-refractivity contribution < 1.29 is 9.21 Å². The molecule has 3 nitrogen and oxygen atoms in total. The lowest BCUT2D eigenvalue weighted by molar-refractivity contribution is 0.0944. The predicted octanol–water partition coefficient (Wildman–Crippen LogP) is 3.59. The number of fused-ring (bicyclic) bond motifs is 1. The van der Waals surface area contributed by atoms with E-state index < -0.39 is 0 Å². The van der Waals surface area contributed by atoms with Crippen LogP contribution in [0.15, 0.2) is 34.9 Å². The van der Waals surface area contributed by atoms with Crippen LogP contribution in [0, 0.1) is 5.92 Å². The smallest absolute Gasteiger partial charge is 0.180 e. The molecule has 0 bridgehead atoms. The highest BCUT2D eigenvalue weighted by Gasteiger charge is 2.15. The first-order valence-corrected chi connectivity index (χ1v) is 6.76. The first-order chi connectivity index (χ1) is 9.08. The van der Waals surface area contributed by atoms with E-state index in [1.54, 1.807) is 6.26 Å². The zero-order valence-corrected chi connectivity index (χ0v) is 11.8. The predicted molar refractivity (Wildman–Crippen MR) is 77.5 cm³/mol. The minimum absolute atomic E-state index is 0.121. The molecule has 2 aromatic rings. The van der Waals surface area contributed by atoms with Crippen LogP contribution in [0.3, 0.4) is 0 Å². The van der Waals surface area contributed by atoms with Crippen molar-refractivity contribution in [2.45, 2.75) is 20.3 Å². The number of hydrogen-bond donors (Lipinski definition) is 0. The van der Waals surface area contributed by atoms with Crippen molar-refractivity contribution in [2.75, 3.05) is 20.1 Å². The number of rotatable bonds is 6. The van der Waals surface area contributed by atoms with E-state index in [1.807, 2.05) is 31.3 Å². The second kappa shape index (κ2) is 6.02. The number of nitrogens with zero attached hydrogens (tertiary/aromatic N) is 1. The van der Waals surface area contributed by atoms with Gasteiger partial charge in [0.15, 0.2) is 5.78 Å². The Labute approximate surface area is 114 Å². The number of furan rings is 1. The molecule has 1 heterocycles. The minimum atomic E-state index is 0.121. The lowest BCUT2D eigenvalue weighted by Gasteiger charge is -2.16. The fourth-order valence-electron chi connectivity index (χ4n) is 2.08. The third-order valence-electron chi connectivity index (χ3n) is 3.28. The second-order valence-corrected chi connectivity index (χ2v) is 5.49. The van der Waals surface area contributed by atoms with Gasteiger partial charge in [0.1, 0.15) is 11.8 Å². The molecule has 19 heavy (non-hydrogen) atoms. The van der Waals surface area contributed by atoms with Crippen LogP contribution in [-0.2, 0) is 0 Å². The summed E-state index contributed by atoms with van der Waals surface area (Å²) in [6.07, 6.45) is 2.68. The average Bonchev–Trinajstić information content (AvgIpc) is 2.80. The van der Waals surface area contributed by atoms with Crippen molar-refractivity contribution in [2.24, 2.45) is 5.92 Å². The van der Waals surface area contributed by atoms with E-state index in [0.29, 0.717) is 18.0 Å². The zero-order chi connectivity index (χ0) is 13.8. The molecule has 0 unspecified atom stereocenters. The average molecular weight is 259 g/mol. The highest BCUT2D eigenvalue weighted by Crippen LogP contribution is 2.21. The van der Waals surface area contributed by atoms with Gasteiger partial charge >= 0.3 is 0 Å². The van der Waals surface area contributed by atoms with Crippen LogP contribution in [0.25, 0.3) is 11.0 Å². The third-order valence-corrected chi connectivity index (χ3v) is 3.28. The van der Waals surface area contributed by atoms with Crippen molar-refractivity contribution in [3.8, 4) is 0 Å². The van der Waals surface area contributed by atoms with Crippen LogP contribution in [-0.4, -0.2) is 30.8 Å². The first kappa shape index (κ1) is 13.8. The van der Waals surface area contributed by atoms with Crippen LogP contribution in [0.1, 0.15) is 30.6 Å². The lowest BCUT2D eigenvalue weighted by atomic mass is 10.1. The summed E-state index contributed by atoms with van der Waals surface area (Å²) in [4.78, 5) is 14.3. The monoisotopic (exact) mass is 259 g/mol. The molecular formula is C16H21NO2. The van der Waals surface area contributed by atoms with Crippen LogP contribution in [0.4, 0.5) is 0 Å². The number of hydrogen-bond acceptors (Lipinski definition) is 3. The Morgan fingerprint density at radius 1 is 1.32 bits per heavy atom. The fourth-order valence-corrected chi connectivity index (χ4v) is 2.08. The largest absolute Gasteiger partial charge is 0.464 e. The maximum atomic E-state index is 12.3. The third kappa shape index (κ3) is 3.44. The minimum Gasteiger partial charge on any atom is -0.464 e. The van der Waals surface area contributed by atoms with Crippen molar-refractivity contribution in [1.82, 2.24) is 4.90 Å². The van der Waals surface area contributed by atoms with Crippen molar-refractivity contribution >= 4 is 16.8 Å². The molecule has 0 saturated carbocycles. The van der Waals surface area contributed by atoms with Crippen LogP contribution in [0.2, 0.25) is 0 Å². The van der Waals surface area contributed by atoms with Gasteiger partial charge in [-0.2, -0.15) is 0 Å². The number of para-hydroxylation sites is 1. The highest BCUT2D eigenvalue weighted by atomic mass is 16.3. The van der Waals surface area contributed by atoms with Crippen molar-refractivity contribution in [3.05, 3.63) is 36.1 Å². The molecule has 0 aliphatic rings. The summed E-state index contributed by atoms with van der Waals surface area (Å²) in [5, 5.41) is 0.907. The van der Waals surface area contributed by atoms with Crippen LogP contribution < -0.4 is 0 Å². The van der Waals surface area contributed by atoms with Gasteiger partial charge in [-0.15, -0.1) is 0 Å². The molecule has 1 aromatic carbocycles. The van der Waals surface area contributed by atoms with E-state index >= 15 is 0 Å². The maximum Gasteiger partial charge on any atom is 0.180 e. The summed E-state index contributed by atoms with van der Waals surface area (Å²) in [5.41, 5.74) is 1.46. The van der Waals surface area contributed by atoms with Gasteiger partial charge in [0.25, 0.3) is 0 Å². The molecular weight excluding hydrogens is 238 g/mol. The molecule has 2 rings (SSSR count). The van der Waals surface area contributed by atoms with Crippen molar-refractivity contribution in [1.29, 1.82) is 0 Å². The van der Waals surface area contributed by atoms with Gasteiger partial charge in [0.05, 0.1) is 12.1 Å². The highest BCUT2D eigenvalue weighted by molar-refractivity contribution is 6.08. The van der Waals surface area contributed by atoms with Gasteiger partial charge in [0.2, 0.25) is 0 Å². The van der Waals surface area contributed by atoms with Gasteiger partial charge < -0.3 is 4.42 Å². The summed E-state index contributed by atoms with van der Waals surface area (Å²) >= 11 is 0. The van der Waals surface area contributed by atoms with Gasteiger partial charge in [-0.1, -0.05) is 32.0 Å². The Hall–Kier alpha value is -1.61. The molecule has 0 spiro atoms.